The summed E-state index contributed by atoms with van der Waals surface area (Å²) in [6.45, 7) is 0. The fourth-order valence-electron chi connectivity index (χ4n) is 1.42. The van der Waals surface area contributed by atoms with Crippen LogP contribution in [0.15, 0.2) is 52.4 Å². The molecule has 0 aliphatic rings. The smallest absolute Gasteiger partial charge is 0.263 e. The van der Waals surface area contributed by atoms with Crippen molar-refractivity contribution < 1.29 is 8.42 Å². The minimum Gasteiger partial charge on any atom is -0.384 e. The number of thioether (sulfide) groups is 1. The third kappa shape index (κ3) is 3.39. The van der Waals surface area contributed by atoms with Crippen LogP contribution in [0, 0.1) is 0 Å². The number of aromatic nitrogens is 1. The number of nitrogens with zero attached hydrogens (tertiary/aromatic N) is 1. The van der Waals surface area contributed by atoms with Gasteiger partial charge in [-0.2, -0.15) is 0 Å². The number of benzene rings is 1. The number of rotatable bonds is 4. The maximum absolute atomic E-state index is 12.1. The summed E-state index contributed by atoms with van der Waals surface area (Å²) in [6.07, 6.45) is 3.19. The molecule has 7 heteroatoms. The first-order valence-corrected chi connectivity index (χ1v) is 8.10. The second kappa shape index (κ2) is 5.50. The molecule has 1 heterocycles. The van der Waals surface area contributed by atoms with E-state index in [1.165, 1.54) is 18.3 Å². The molecule has 0 amide bonds. The van der Waals surface area contributed by atoms with Gasteiger partial charge in [-0.15, -0.1) is 11.8 Å². The highest BCUT2D eigenvalue weighted by molar-refractivity contribution is 7.98. The number of nitrogens with two attached hydrogens (primary N) is 1. The standard InChI is InChI=1S/C12H13N3O2S2/c1-18-10-4-2-9(3-5-10)15-19(16,17)11-6-7-12(13)14-8-11/h2-8,15H,1H3,(H2,13,14). The summed E-state index contributed by atoms with van der Waals surface area (Å²) < 4.78 is 26.6. The monoisotopic (exact) mass is 295 g/mol. The van der Waals surface area contributed by atoms with Crippen molar-refractivity contribution in [1.82, 2.24) is 4.98 Å². The SMILES string of the molecule is CSc1ccc(NS(=O)(=O)c2ccc(N)nc2)cc1. The maximum Gasteiger partial charge on any atom is 0.263 e. The summed E-state index contributed by atoms with van der Waals surface area (Å²) >= 11 is 1.59. The summed E-state index contributed by atoms with van der Waals surface area (Å²) in [4.78, 5) is 4.92. The van der Waals surface area contributed by atoms with Crippen LogP contribution in [0.4, 0.5) is 11.5 Å². The topological polar surface area (TPSA) is 85.1 Å². The molecule has 0 aliphatic heterocycles. The molecule has 0 spiro atoms. The lowest BCUT2D eigenvalue weighted by atomic mass is 10.3. The van der Waals surface area contributed by atoms with Gasteiger partial charge >= 0.3 is 0 Å². The van der Waals surface area contributed by atoms with E-state index in [0.717, 1.165) is 4.90 Å². The Balaban J connectivity index is 2.23. The Hall–Kier alpha value is -1.73. The number of hydrogen-bond acceptors (Lipinski definition) is 5. The second-order valence-corrected chi connectivity index (χ2v) is 6.31. The Morgan fingerprint density at radius 3 is 2.37 bits per heavy atom. The van der Waals surface area contributed by atoms with Gasteiger partial charge in [0.2, 0.25) is 0 Å². The zero-order chi connectivity index (χ0) is 13.9. The molecule has 1 aromatic heterocycles. The van der Waals surface area contributed by atoms with Crippen LogP contribution in [0.2, 0.25) is 0 Å². The second-order valence-electron chi connectivity index (χ2n) is 3.75. The van der Waals surface area contributed by atoms with Crippen LogP contribution in [0.1, 0.15) is 0 Å². The van der Waals surface area contributed by atoms with E-state index in [1.54, 1.807) is 23.9 Å². The molecule has 0 saturated heterocycles. The molecule has 0 radical (unpaired) electrons. The number of pyridine rings is 1. The Labute approximate surface area is 116 Å². The summed E-state index contributed by atoms with van der Waals surface area (Å²) in [5.41, 5.74) is 5.93. The van der Waals surface area contributed by atoms with Crippen molar-refractivity contribution in [3.63, 3.8) is 0 Å². The molecule has 0 aliphatic carbocycles. The molecule has 0 fully saturated rings. The number of nitrogen functional groups attached to an aromatic ring is 1. The average Bonchev–Trinajstić information content (AvgIpc) is 2.40. The van der Waals surface area contributed by atoms with Gasteiger partial charge in [-0.1, -0.05) is 0 Å². The van der Waals surface area contributed by atoms with E-state index in [1.807, 2.05) is 18.4 Å². The first kappa shape index (κ1) is 13.7. The van der Waals surface area contributed by atoms with Crippen LogP contribution >= 0.6 is 11.8 Å². The van der Waals surface area contributed by atoms with Crippen molar-refractivity contribution in [2.45, 2.75) is 9.79 Å². The highest BCUT2D eigenvalue weighted by Gasteiger charge is 2.14. The fraction of sp³-hybridized carbons (Fsp3) is 0.0833. The largest absolute Gasteiger partial charge is 0.384 e. The Morgan fingerprint density at radius 2 is 1.84 bits per heavy atom. The van der Waals surface area contributed by atoms with Crippen LogP contribution < -0.4 is 10.5 Å². The molecule has 2 aromatic rings. The van der Waals surface area contributed by atoms with E-state index in [9.17, 15) is 8.42 Å². The number of hydrogen-bond donors (Lipinski definition) is 2. The maximum atomic E-state index is 12.1. The highest BCUT2D eigenvalue weighted by Crippen LogP contribution is 2.20. The zero-order valence-electron chi connectivity index (χ0n) is 10.2. The summed E-state index contributed by atoms with van der Waals surface area (Å²) in [5.74, 6) is 0.281. The van der Waals surface area contributed by atoms with Crippen LogP contribution in [0.5, 0.6) is 0 Å². The molecule has 2 rings (SSSR count). The van der Waals surface area contributed by atoms with Gasteiger partial charge in [0.05, 0.1) is 0 Å². The van der Waals surface area contributed by atoms with Gasteiger partial charge < -0.3 is 5.73 Å². The minimum absolute atomic E-state index is 0.0793. The summed E-state index contributed by atoms with van der Waals surface area (Å²) in [7, 11) is -3.62. The average molecular weight is 295 g/mol. The van der Waals surface area contributed by atoms with Crippen LogP contribution in [-0.4, -0.2) is 19.7 Å². The predicted molar refractivity (Wildman–Crippen MR) is 77.7 cm³/mol. The van der Waals surface area contributed by atoms with Crippen molar-refractivity contribution in [1.29, 1.82) is 0 Å². The third-order valence-electron chi connectivity index (χ3n) is 2.41. The third-order valence-corrected chi connectivity index (χ3v) is 4.52. The van der Waals surface area contributed by atoms with Crippen molar-refractivity contribution in [2.24, 2.45) is 0 Å². The molecule has 3 N–H and O–H groups in total. The lowest BCUT2D eigenvalue weighted by Gasteiger charge is -2.08. The predicted octanol–water partition coefficient (Wildman–Crippen LogP) is 2.19. The first-order chi connectivity index (χ1) is 9.01. The van der Waals surface area contributed by atoms with E-state index in [-0.39, 0.29) is 10.7 Å². The van der Waals surface area contributed by atoms with Crippen molar-refractivity contribution in [3.8, 4) is 0 Å². The molecule has 19 heavy (non-hydrogen) atoms. The van der Waals surface area contributed by atoms with Gasteiger partial charge in [0, 0.05) is 16.8 Å². The summed E-state index contributed by atoms with van der Waals surface area (Å²) in [5, 5.41) is 0. The van der Waals surface area contributed by atoms with E-state index < -0.39 is 10.0 Å². The zero-order valence-corrected chi connectivity index (χ0v) is 11.8. The van der Waals surface area contributed by atoms with Crippen molar-refractivity contribution in [3.05, 3.63) is 42.6 Å². The normalized spacial score (nSPS) is 11.2. The van der Waals surface area contributed by atoms with Gasteiger partial charge in [0.25, 0.3) is 10.0 Å². The quantitative estimate of drug-likeness (QED) is 0.845. The van der Waals surface area contributed by atoms with Crippen LogP contribution in [-0.2, 0) is 10.0 Å². The van der Waals surface area contributed by atoms with Crippen molar-refractivity contribution >= 4 is 33.3 Å². The van der Waals surface area contributed by atoms with E-state index >= 15 is 0 Å². The summed E-state index contributed by atoms with van der Waals surface area (Å²) in [6, 6.07) is 10.0. The molecule has 1 aromatic carbocycles. The Bertz CT molecular complexity index is 652. The lowest BCUT2D eigenvalue weighted by Crippen LogP contribution is -2.13. The lowest BCUT2D eigenvalue weighted by molar-refractivity contribution is 0.601. The van der Waals surface area contributed by atoms with Gasteiger partial charge in [-0.3, -0.25) is 4.72 Å². The van der Waals surface area contributed by atoms with Gasteiger partial charge in [-0.25, -0.2) is 13.4 Å². The molecular formula is C12H13N3O2S2. The highest BCUT2D eigenvalue weighted by atomic mass is 32.2. The molecular weight excluding hydrogens is 282 g/mol. The van der Waals surface area contributed by atoms with E-state index in [2.05, 4.69) is 9.71 Å². The number of anilines is 2. The molecule has 5 nitrogen and oxygen atoms in total. The first-order valence-electron chi connectivity index (χ1n) is 5.40. The number of sulfonamides is 1. The van der Waals surface area contributed by atoms with Crippen LogP contribution in [0.3, 0.4) is 0 Å². The van der Waals surface area contributed by atoms with Gasteiger partial charge in [0.15, 0.2) is 0 Å². The van der Waals surface area contributed by atoms with E-state index in [0.29, 0.717) is 5.69 Å². The van der Waals surface area contributed by atoms with Crippen LogP contribution in [0.25, 0.3) is 0 Å². The number of nitrogens with one attached hydrogen (secondary N) is 1. The molecule has 0 bridgehead atoms. The van der Waals surface area contributed by atoms with Gasteiger partial charge in [0.1, 0.15) is 10.7 Å². The molecule has 100 valence electrons. The Kier molecular flexibility index (Phi) is 3.96. The van der Waals surface area contributed by atoms with Crippen molar-refractivity contribution in [2.75, 3.05) is 16.7 Å². The fourth-order valence-corrected chi connectivity index (χ4v) is 2.83. The molecule has 0 saturated carbocycles. The van der Waals surface area contributed by atoms with Gasteiger partial charge in [-0.05, 0) is 42.7 Å². The minimum atomic E-state index is -3.62. The Morgan fingerprint density at radius 1 is 1.16 bits per heavy atom. The van der Waals surface area contributed by atoms with E-state index in [4.69, 9.17) is 5.73 Å². The molecule has 0 atom stereocenters. The molecule has 0 unspecified atom stereocenters.